The zero-order valence-corrected chi connectivity index (χ0v) is 32.7. The summed E-state index contributed by atoms with van der Waals surface area (Å²) in [6, 6.07) is 78.8. The Hall–Kier alpha value is -7.94. The van der Waals surface area contributed by atoms with Crippen molar-refractivity contribution in [2.24, 2.45) is 0 Å². The topological polar surface area (TPSA) is 25.8 Å². The lowest BCUT2D eigenvalue weighted by molar-refractivity contribution is 1.18. The molecule has 2 nitrogen and oxygen atoms in total. The number of hydrogen-bond donors (Lipinski definition) is 0. The van der Waals surface area contributed by atoms with Crippen LogP contribution in [0.3, 0.4) is 0 Å². The van der Waals surface area contributed by atoms with Crippen LogP contribution in [0.15, 0.2) is 218 Å². The molecule has 60 heavy (non-hydrogen) atoms. The van der Waals surface area contributed by atoms with Crippen molar-refractivity contribution in [3.05, 3.63) is 218 Å². The van der Waals surface area contributed by atoms with Crippen LogP contribution in [0.4, 0.5) is 0 Å². The smallest absolute Gasteiger partial charge is 0.160 e. The zero-order chi connectivity index (χ0) is 39.6. The lowest BCUT2D eigenvalue weighted by Crippen LogP contribution is -1.96. The first-order chi connectivity index (χ1) is 29.7. The standard InChI is InChI=1S/C58H36N2/c1-2-12-37(13-3-1)38-22-24-40(25-23-38)55-36-56(44-31-32-51-49-20-9-8-18-47(49)48-19-10-11-21-50(48)54(51)35-44)60-58(59-55)42-28-26-41(27-29-42)57-46-17-7-5-15-43(46)34-53-45-16-6-4-14-39(45)30-33-52(53)57/h1-36H. The highest BCUT2D eigenvalue weighted by molar-refractivity contribution is 6.26. The molecule has 0 aliphatic rings. The molecule has 0 saturated heterocycles. The van der Waals surface area contributed by atoms with Gasteiger partial charge in [-0.25, -0.2) is 9.97 Å². The molecule has 1 heterocycles. The highest BCUT2D eigenvalue weighted by atomic mass is 14.9. The van der Waals surface area contributed by atoms with Crippen LogP contribution in [0.1, 0.15) is 0 Å². The first-order valence-electron chi connectivity index (χ1n) is 20.6. The van der Waals surface area contributed by atoms with Gasteiger partial charge in [0, 0.05) is 16.7 Å². The third-order valence-corrected chi connectivity index (χ3v) is 12.3. The van der Waals surface area contributed by atoms with Crippen LogP contribution in [0, 0.1) is 0 Å². The number of nitrogens with zero attached hydrogens (tertiary/aromatic N) is 2. The lowest BCUT2D eigenvalue weighted by atomic mass is 9.89. The van der Waals surface area contributed by atoms with E-state index in [-0.39, 0.29) is 0 Å². The maximum absolute atomic E-state index is 5.34. The Bertz CT molecular complexity index is 3590. The van der Waals surface area contributed by atoms with Gasteiger partial charge in [-0.3, -0.25) is 0 Å². The second-order valence-electron chi connectivity index (χ2n) is 15.7. The largest absolute Gasteiger partial charge is 0.228 e. The molecular weight excluding hydrogens is 725 g/mol. The van der Waals surface area contributed by atoms with E-state index in [2.05, 4.69) is 218 Å². The minimum absolute atomic E-state index is 0.693. The first-order valence-corrected chi connectivity index (χ1v) is 20.6. The third kappa shape index (κ3) is 5.65. The average Bonchev–Trinajstić information content (AvgIpc) is 3.33. The van der Waals surface area contributed by atoms with Gasteiger partial charge in [-0.05, 0) is 105 Å². The quantitative estimate of drug-likeness (QED) is 0.129. The maximum atomic E-state index is 5.34. The van der Waals surface area contributed by atoms with Crippen molar-refractivity contribution < 1.29 is 0 Å². The van der Waals surface area contributed by atoms with E-state index in [1.807, 2.05) is 0 Å². The Kier molecular flexibility index (Phi) is 7.89. The van der Waals surface area contributed by atoms with Gasteiger partial charge in [0.05, 0.1) is 11.4 Å². The van der Waals surface area contributed by atoms with E-state index in [0.29, 0.717) is 5.82 Å². The Morgan fingerprint density at radius 1 is 0.217 bits per heavy atom. The molecule has 12 aromatic rings. The van der Waals surface area contributed by atoms with Gasteiger partial charge in [0.25, 0.3) is 0 Å². The molecule has 2 heteroatoms. The molecule has 0 aliphatic heterocycles. The summed E-state index contributed by atoms with van der Waals surface area (Å²) in [6.07, 6.45) is 0. The Balaban J connectivity index is 1.03. The van der Waals surface area contributed by atoms with E-state index < -0.39 is 0 Å². The number of rotatable bonds is 5. The molecule has 0 radical (unpaired) electrons. The fourth-order valence-electron chi connectivity index (χ4n) is 9.32. The predicted octanol–water partition coefficient (Wildman–Crippen LogP) is 15.7. The summed E-state index contributed by atoms with van der Waals surface area (Å²) in [4.78, 5) is 10.6. The van der Waals surface area contributed by atoms with E-state index in [9.17, 15) is 0 Å². The van der Waals surface area contributed by atoms with Crippen LogP contribution < -0.4 is 0 Å². The minimum Gasteiger partial charge on any atom is -0.228 e. The van der Waals surface area contributed by atoms with Crippen molar-refractivity contribution in [1.82, 2.24) is 9.97 Å². The molecule has 0 amide bonds. The third-order valence-electron chi connectivity index (χ3n) is 12.3. The number of aromatic nitrogens is 2. The van der Waals surface area contributed by atoms with E-state index in [1.54, 1.807) is 0 Å². The second kappa shape index (κ2) is 13.9. The van der Waals surface area contributed by atoms with Gasteiger partial charge in [-0.15, -0.1) is 0 Å². The van der Waals surface area contributed by atoms with Crippen LogP contribution in [0.2, 0.25) is 0 Å². The summed E-state index contributed by atoms with van der Waals surface area (Å²) < 4.78 is 0. The van der Waals surface area contributed by atoms with E-state index in [4.69, 9.17) is 9.97 Å². The van der Waals surface area contributed by atoms with Gasteiger partial charge >= 0.3 is 0 Å². The molecule has 0 atom stereocenters. The van der Waals surface area contributed by atoms with Gasteiger partial charge in [-0.2, -0.15) is 0 Å². The number of hydrogen-bond acceptors (Lipinski definition) is 2. The molecule has 0 bridgehead atoms. The summed E-state index contributed by atoms with van der Waals surface area (Å²) in [7, 11) is 0. The van der Waals surface area contributed by atoms with Gasteiger partial charge in [0.2, 0.25) is 0 Å². The summed E-state index contributed by atoms with van der Waals surface area (Å²) in [6.45, 7) is 0. The Morgan fingerprint density at radius 3 is 1.37 bits per heavy atom. The fraction of sp³-hybridized carbons (Fsp3) is 0. The highest BCUT2D eigenvalue weighted by Crippen LogP contribution is 2.41. The van der Waals surface area contributed by atoms with E-state index in [0.717, 1.165) is 33.6 Å². The Labute approximate surface area is 347 Å². The normalized spacial score (nSPS) is 11.7. The molecule has 12 rings (SSSR count). The molecule has 0 unspecified atom stereocenters. The zero-order valence-electron chi connectivity index (χ0n) is 32.7. The second-order valence-corrected chi connectivity index (χ2v) is 15.7. The molecule has 0 fully saturated rings. The highest BCUT2D eigenvalue weighted by Gasteiger charge is 2.16. The van der Waals surface area contributed by atoms with Crippen LogP contribution in [0.5, 0.6) is 0 Å². The average molecular weight is 761 g/mol. The minimum atomic E-state index is 0.693. The van der Waals surface area contributed by atoms with Crippen LogP contribution in [0.25, 0.3) is 121 Å². The summed E-state index contributed by atoms with van der Waals surface area (Å²) >= 11 is 0. The van der Waals surface area contributed by atoms with Crippen LogP contribution >= 0.6 is 0 Å². The molecular formula is C58H36N2. The number of benzene rings is 11. The van der Waals surface area contributed by atoms with Crippen molar-refractivity contribution >= 4 is 64.6 Å². The maximum Gasteiger partial charge on any atom is 0.160 e. The Morgan fingerprint density at radius 2 is 0.667 bits per heavy atom. The summed E-state index contributed by atoms with van der Waals surface area (Å²) in [5.41, 5.74) is 9.61. The van der Waals surface area contributed by atoms with Crippen molar-refractivity contribution in [1.29, 1.82) is 0 Å². The molecule has 278 valence electrons. The molecule has 0 spiro atoms. The molecule has 11 aromatic carbocycles. The molecule has 0 saturated carbocycles. The van der Waals surface area contributed by atoms with Gasteiger partial charge in [-0.1, -0.05) is 200 Å². The van der Waals surface area contributed by atoms with Gasteiger partial charge in [0.1, 0.15) is 0 Å². The summed E-state index contributed by atoms with van der Waals surface area (Å²) in [5, 5.41) is 15.0. The molecule has 0 N–H and O–H groups in total. The van der Waals surface area contributed by atoms with Crippen molar-refractivity contribution in [2.45, 2.75) is 0 Å². The fourth-order valence-corrected chi connectivity index (χ4v) is 9.32. The van der Waals surface area contributed by atoms with Gasteiger partial charge < -0.3 is 0 Å². The van der Waals surface area contributed by atoms with Crippen LogP contribution in [-0.4, -0.2) is 9.97 Å². The monoisotopic (exact) mass is 760 g/mol. The van der Waals surface area contributed by atoms with E-state index >= 15 is 0 Å². The van der Waals surface area contributed by atoms with Crippen molar-refractivity contribution in [3.63, 3.8) is 0 Å². The van der Waals surface area contributed by atoms with Gasteiger partial charge in [0.15, 0.2) is 5.82 Å². The summed E-state index contributed by atoms with van der Waals surface area (Å²) in [5.74, 6) is 0.693. The molecule has 0 aliphatic carbocycles. The molecule has 1 aromatic heterocycles. The predicted molar refractivity (Wildman–Crippen MR) is 254 cm³/mol. The van der Waals surface area contributed by atoms with Crippen LogP contribution in [-0.2, 0) is 0 Å². The van der Waals surface area contributed by atoms with E-state index in [1.165, 1.54) is 81.3 Å². The van der Waals surface area contributed by atoms with Crippen molar-refractivity contribution in [3.8, 4) is 56.2 Å². The van der Waals surface area contributed by atoms with Crippen molar-refractivity contribution in [2.75, 3.05) is 0 Å². The SMILES string of the molecule is c1ccc(-c2ccc(-c3cc(-c4ccc5c6ccccc6c6ccccc6c5c4)nc(-c4ccc(-c5c6ccccc6cc6c5ccc5ccccc56)cc4)n3)cc2)cc1. The lowest BCUT2D eigenvalue weighted by Gasteiger charge is -2.15. The first kappa shape index (κ1) is 34.1. The number of fused-ring (bicyclic) bond motifs is 10.